The first-order chi connectivity index (χ1) is 10.5. The molecule has 2 aromatic rings. The van der Waals surface area contributed by atoms with Crippen molar-refractivity contribution in [3.63, 3.8) is 0 Å². The molecule has 0 aromatic carbocycles. The van der Waals surface area contributed by atoms with Crippen molar-refractivity contribution in [3.8, 4) is 5.69 Å². The molecule has 2 heterocycles. The third-order valence-corrected chi connectivity index (χ3v) is 5.00. The van der Waals surface area contributed by atoms with Crippen LogP contribution in [0.15, 0.2) is 24.7 Å². The first kappa shape index (κ1) is 15.0. The minimum absolute atomic E-state index is 0.0959. The van der Waals surface area contributed by atoms with Gasteiger partial charge in [0.05, 0.1) is 41.6 Å². The van der Waals surface area contributed by atoms with E-state index in [1.54, 1.807) is 34.6 Å². The summed E-state index contributed by atoms with van der Waals surface area (Å²) in [7, 11) is 1.76. The van der Waals surface area contributed by atoms with Gasteiger partial charge in [-0.2, -0.15) is 16.9 Å². The van der Waals surface area contributed by atoms with E-state index >= 15 is 0 Å². The second kappa shape index (κ2) is 5.72. The van der Waals surface area contributed by atoms with Gasteiger partial charge in [0.15, 0.2) is 0 Å². The second-order valence-electron chi connectivity index (χ2n) is 5.42. The molecule has 5 nitrogen and oxygen atoms in total. The number of carbonyl (C=O) groups is 1. The third kappa shape index (κ3) is 2.72. The first-order valence-electron chi connectivity index (χ1n) is 6.99. The lowest BCUT2D eigenvalue weighted by molar-refractivity contribution is -0.119. The molecule has 0 saturated heterocycles. The fourth-order valence-electron chi connectivity index (χ4n) is 2.50. The number of aryl methyl sites for hydroxylation is 1. The van der Waals surface area contributed by atoms with Gasteiger partial charge in [-0.1, -0.05) is 0 Å². The van der Waals surface area contributed by atoms with Crippen LogP contribution in [0.5, 0.6) is 0 Å². The summed E-state index contributed by atoms with van der Waals surface area (Å²) in [6, 6.07) is 1.36. The molecule has 1 aliphatic carbocycles. The van der Waals surface area contributed by atoms with Gasteiger partial charge >= 0.3 is 0 Å². The minimum Gasteiger partial charge on any atom is -0.312 e. The van der Waals surface area contributed by atoms with Gasteiger partial charge in [0.25, 0.3) is 0 Å². The van der Waals surface area contributed by atoms with E-state index in [0.717, 1.165) is 24.0 Å². The molecule has 22 heavy (non-hydrogen) atoms. The van der Waals surface area contributed by atoms with Gasteiger partial charge in [0, 0.05) is 18.4 Å². The number of thioether (sulfide) groups is 1. The van der Waals surface area contributed by atoms with E-state index in [2.05, 4.69) is 10.1 Å². The minimum atomic E-state index is -0.419. The number of anilines is 1. The Labute approximate surface area is 132 Å². The van der Waals surface area contributed by atoms with Crippen LogP contribution in [0.3, 0.4) is 0 Å². The van der Waals surface area contributed by atoms with Crippen molar-refractivity contribution in [1.82, 2.24) is 14.8 Å². The Hall–Kier alpha value is -1.89. The number of hydrogen-bond donors (Lipinski definition) is 0. The summed E-state index contributed by atoms with van der Waals surface area (Å²) < 4.78 is 14.8. The fourth-order valence-corrected chi connectivity index (χ4v) is 3.34. The molecule has 0 radical (unpaired) electrons. The molecule has 2 atom stereocenters. The predicted octanol–water partition coefficient (Wildman–Crippen LogP) is 2.43. The van der Waals surface area contributed by atoms with E-state index in [1.807, 2.05) is 13.2 Å². The molecule has 0 aliphatic heterocycles. The summed E-state index contributed by atoms with van der Waals surface area (Å²) in [5.74, 6) is -0.213. The highest BCUT2D eigenvalue weighted by Gasteiger charge is 2.44. The lowest BCUT2D eigenvalue weighted by atomic mass is 10.3. The van der Waals surface area contributed by atoms with Gasteiger partial charge in [-0.15, -0.1) is 0 Å². The number of nitrogens with zero attached hydrogens (tertiary/aromatic N) is 4. The monoisotopic (exact) mass is 320 g/mol. The Morgan fingerprint density at radius 2 is 2.27 bits per heavy atom. The summed E-state index contributed by atoms with van der Waals surface area (Å²) >= 11 is 1.73. The highest BCUT2D eigenvalue weighted by atomic mass is 32.2. The topological polar surface area (TPSA) is 51.0 Å². The van der Waals surface area contributed by atoms with Crippen LogP contribution in [-0.2, 0) is 4.79 Å². The summed E-state index contributed by atoms with van der Waals surface area (Å²) in [6.45, 7) is 1.83. The molecular formula is C15H17FN4OS. The number of pyridine rings is 1. The number of hydrogen-bond acceptors (Lipinski definition) is 4. The van der Waals surface area contributed by atoms with E-state index in [0.29, 0.717) is 10.9 Å². The molecule has 2 aromatic heterocycles. The van der Waals surface area contributed by atoms with E-state index in [-0.39, 0.29) is 11.8 Å². The van der Waals surface area contributed by atoms with Crippen LogP contribution in [0.25, 0.3) is 5.69 Å². The summed E-state index contributed by atoms with van der Waals surface area (Å²) in [5, 5.41) is 4.78. The van der Waals surface area contributed by atoms with E-state index in [1.165, 1.54) is 12.3 Å². The van der Waals surface area contributed by atoms with Gasteiger partial charge < -0.3 is 4.90 Å². The molecule has 7 heteroatoms. The summed E-state index contributed by atoms with van der Waals surface area (Å²) in [5.41, 5.74) is 1.99. The van der Waals surface area contributed by atoms with Crippen LogP contribution in [0.4, 0.5) is 10.1 Å². The summed E-state index contributed by atoms with van der Waals surface area (Å²) in [6.07, 6.45) is 7.38. The maximum absolute atomic E-state index is 13.3. The number of halogens is 1. The zero-order valence-corrected chi connectivity index (χ0v) is 13.5. The molecule has 0 spiro atoms. The van der Waals surface area contributed by atoms with Crippen molar-refractivity contribution in [2.24, 2.45) is 5.92 Å². The van der Waals surface area contributed by atoms with Crippen molar-refractivity contribution >= 4 is 23.4 Å². The molecule has 1 saturated carbocycles. The van der Waals surface area contributed by atoms with E-state index < -0.39 is 5.82 Å². The molecule has 1 amide bonds. The third-order valence-electron chi connectivity index (χ3n) is 3.87. The molecule has 1 unspecified atom stereocenters. The van der Waals surface area contributed by atoms with Crippen molar-refractivity contribution in [1.29, 1.82) is 0 Å². The number of rotatable bonds is 4. The fraction of sp³-hybridized carbons (Fsp3) is 0.400. The van der Waals surface area contributed by atoms with Crippen molar-refractivity contribution in [2.75, 3.05) is 18.2 Å². The zero-order chi connectivity index (χ0) is 15.9. The van der Waals surface area contributed by atoms with Crippen LogP contribution in [0.1, 0.15) is 12.1 Å². The quantitative estimate of drug-likeness (QED) is 0.868. The van der Waals surface area contributed by atoms with Gasteiger partial charge in [-0.25, -0.2) is 9.07 Å². The first-order valence-corrected chi connectivity index (χ1v) is 8.27. The zero-order valence-electron chi connectivity index (χ0n) is 12.7. The molecule has 1 aliphatic rings. The van der Waals surface area contributed by atoms with Gasteiger partial charge in [0.2, 0.25) is 5.91 Å². The highest BCUT2D eigenvalue weighted by molar-refractivity contribution is 7.99. The highest BCUT2D eigenvalue weighted by Crippen LogP contribution is 2.42. The summed E-state index contributed by atoms with van der Waals surface area (Å²) in [4.78, 5) is 17.9. The molecule has 0 N–H and O–H groups in total. The Morgan fingerprint density at radius 1 is 1.50 bits per heavy atom. The van der Waals surface area contributed by atoms with E-state index in [4.69, 9.17) is 0 Å². The van der Waals surface area contributed by atoms with Crippen molar-refractivity contribution in [2.45, 2.75) is 18.6 Å². The number of aromatic nitrogens is 3. The largest absolute Gasteiger partial charge is 0.312 e. The Balaban J connectivity index is 1.85. The maximum atomic E-state index is 13.3. The average Bonchev–Trinajstić information content (AvgIpc) is 3.20. The average molecular weight is 320 g/mol. The smallest absolute Gasteiger partial charge is 0.231 e. The lowest BCUT2D eigenvalue weighted by Gasteiger charge is -2.15. The second-order valence-corrected chi connectivity index (χ2v) is 6.50. The van der Waals surface area contributed by atoms with Gasteiger partial charge in [0.1, 0.15) is 5.82 Å². The predicted molar refractivity (Wildman–Crippen MR) is 84.9 cm³/mol. The van der Waals surface area contributed by atoms with Gasteiger partial charge in [-0.3, -0.25) is 9.78 Å². The molecule has 1 fully saturated rings. The van der Waals surface area contributed by atoms with Gasteiger partial charge in [-0.05, 0) is 19.6 Å². The molecule has 0 bridgehead atoms. The standard InChI is InChI=1S/C15H17FN4OS/c1-9-13(19(2)15(21)12-5-14(12)22-3)8-20(18-9)11-4-10(16)6-17-7-11/h4,6-8,12,14H,5H2,1-3H3/t12?,14-/m0/s1. The molecular weight excluding hydrogens is 303 g/mol. The maximum Gasteiger partial charge on any atom is 0.231 e. The van der Waals surface area contributed by atoms with Crippen molar-refractivity contribution < 1.29 is 9.18 Å². The van der Waals surface area contributed by atoms with Crippen LogP contribution >= 0.6 is 11.8 Å². The number of carbonyl (C=O) groups excluding carboxylic acids is 1. The van der Waals surface area contributed by atoms with Crippen LogP contribution in [0.2, 0.25) is 0 Å². The van der Waals surface area contributed by atoms with E-state index in [9.17, 15) is 9.18 Å². The normalized spacial score (nSPS) is 20.0. The van der Waals surface area contributed by atoms with Crippen LogP contribution in [-0.4, -0.2) is 39.2 Å². The molecule has 116 valence electrons. The van der Waals surface area contributed by atoms with Crippen LogP contribution < -0.4 is 4.90 Å². The Bertz CT molecular complexity index is 717. The Kier molecular flexibility index (Phi) is 3.90. The van der Waals surface area contributed by atoms with Crippen LogP contribution in [0, 0.1) is 18.7 Å². The lowest BCUT2D eigenvalue weighted by Crippen LogP contribution is -2.28. The molecule has 3 rings (SSSR count). The Morgan fingerprint density at radius 3 is 2.91 bits per heavy atom. The van der Waals surface area contributed by atoms with Crippen molar-refractivity contribution in [3.05, 3.63) is 36.2 Å². The SMILES string of the molecule is CS[C@H]1CC1C(=O)N(C)c1cn(-c2cncc(F)c2)nc1C. The number of amides is 1.